The van der Waals surface area contributed by atoms with E-state index in [4.69, 9.17) is 4.44 Å². The van der Waals surface area contributed by atoms with Crippen LogP contribution in [0.2, 0.25) is 0 Å². The highest BCUT2D eigenvalue weighted by molar-refractivity contribution is 7.93. The first-order valence-corrected chi connectivity index (χ1v) is 20.6. The highest BCUT2D eigenvalue weighted by Crippen LogP contribution is 2.58. The Labute approximate surface area is 350 Å². The normalized spacial score (nSPS) is 12.2. The van der Waals surface area contributed by atoms with E-state index < -0.39 is 116 Å². The smallest absolute Gasteiger partial charge is 0.247 e. The Hall–Kier alpha value is -6.63. The third kappa shape index (κ3) is 6.29. The van der Waals surface area contributed by atoms with E-state index in [1.807, 2.05) is 0 Å². The first kappa shape index (κ1) is 41.7. The van der Waals surface area contributed by atoms with Crippen LogP contribution in [0.15, 0.2) is 146 Å². The van der Waals surface area contributed by atoms with Crippen molar-refractivity contribution in [3.8, 4) is 0 Å². The van der Waals surface area contributed by atoms with Gasteiger partial charge in [-0.25, -0.2) is 52.7 Å². The zero-order valence-corrected chi connectivity index (χ0v) is 32.7. The van der Waals surface area contributed by atoms with Crippen LogP contribution in [-0.4, -0.2) is 6.35 Å². The van der Waals surface area contributed by atoms with Crippen molar-refractivity contribution in [1.29, 1.82) is 0 Å². The molecule has 15 heteroatoms. The fourth-order valence-corrected chi connectivity index (χ4v) is 12.3. The molecule has 0 aromatic heterocycles. The average molecular weight is 886 g/mol. The van der Waals surface area contributed by atoms with Gasteiger partial charge in [-0.05, 0) is 36.4 Å². The summed E-state index contributed by atoms with van der Waals surface area (Å²) < 4.78 is 191. The highest BCUT2D eigenvalue weighted by atomic mass is 31.2. The van der Waals surface area contributed by atoms with Crippen LogP contribution < -0.4 is 32.3 Å². The summed E-state index contributed by atoms with van der Waals surface area (Å²) in [6.07, 6.45) is -3.76. The van der Waals surface area contributed by atoms with Crippen molar-refractivity contribution in [2.24, 2.45) is 0 Å². The number of rotatable bonds is 8. The largest absolute Gasteiger partial charge is 0.414 e. The maximum atomic E-state index is 16.0. The van der Waals surface area contributed by atoms with E-state index in [1.165, 1.54) is 0 Å². The second-order valence-electron chi connectivity index (χ2n) is 14.7. The molecule has 0 fully saturated rings. The molecule has 9 aromatic rings. The summed E-state index contributed by atoms with van der Waals surface area (Å²) in [6, 6.07) is 33.9. The van der Waals surface area contributed by atoms with Crippen molar-refractivity contribution in [2.75, 3.05) is 0 Å². The summed E-state index contributed by atoms with van der Waals surface area (Å²) >= 11 is 0. The van der Waals surface area contributed by atoms with Gasteiger partial charge in [0.05, 0.1) is 0 Å². The van der Waals surface area contributed by atoms with Crippen molar-refractivity contribution in [2.45, 2.75) is 0 Å². The van der Waals surface area contributed by atoms with Crippen molar-refractivity contribution in [3.05, 3.63) is 215 Å². The van der Waals surface area contributed by atoms with Crippen LogP contribution >= 0.6 is 7.49 Å². The molecule has 314 valence electrons. The molecule has 0 N–H and O–H groups in total. The molecular weight excluding hydrogens is 862 g/mol. The molecule has 0 unspecified atom stereocenters. The number of halogens is 12. The van der Waals surface area contributed by atoms with Gasteiger partial charge in [0, 0.05) is 32.3 Å². The fourth-order valence-electron chi connectivity index (χ4n) is 8.39. The number of hydrogen-bond donors (Lipinski definition) is 0. The molecule has 0 bridgehead atoms. The zero-order chi connectivity index (χ0) is 44.5. The van der Waals surface area contributed by atoms with E-state index in [0.717, 1.165) is 54.6 Å². The molecular formula is C48H24BF12OP. The molecule has 0 amide bonds. The third-order valence-corrected chi connectivity index (χ3v) is 15.1. The number of hydrogen-bond acceptors (Lipinski definition) is 1. The maximum absolute atomic E-state index is 16.0. The van der Waals surface area contributed by atoms with Crippen molar-refractivity contribution in [1.82, 2.24) is 0 Å². The van der Waals surface area contributed by atoms with Crippen LogP contribution in [0.25, 0.3) is 32.3 Å². The topological polar surface area (TPSA) is 9.23 Å². The van der Waals surface area contributed by atoms with Crippen LogP contribution in [0.3, 0.4) is 0 Å². The van der Waals surface area contributed by atoms with E-state index in [-0.39, 0.29) is 16.4 Å². The predicted molar refractivity (Wildman–Crippen MR) is 222 cm³/mol. The van der Waals surface area contributed by atoms with Gasteiger partial charge in [0.25, 0.3) is 0 Å². The molecule has 0 saturated carbocycles. The van der Waals surface area contributed by atoms with E-state index in [9.17, 15) is 13.2 Å². The SMILES string of the molecule is Fc1c(F)c(F)c2cc([B-](O[P+](c3ccccc3)(c3ccccc3)c3ccccc3)(c3ccc4c(F)c(F)c(F)c(F)c4c3)c3ccc4c(F)c(F)c(F)c(F)c4c3)ccc2c1F. The summed E-state index contributed by atoms with van der Waals surface area (Å²) in [5, 5.41) is -3.50. The summed E-state index contributed by atoms with van der Waals surface area (Å²) in [4.78, 5) is 0. The molecule has 0 aliphatic rings. The lowest BCUT2D eigenvalue weighted by molar-refractivity contribution is 0.418. The Bertz CT molecular complexity index is 2960. The fraction of sp³-hybridized carbons (Fsp3) is 0. The van der Waals surface area contributed by atoms with Gasteiger partial charge in [-0.3, -0.25) is 0 Å². The molecule has 63 heavy (non-hydrogen) atoms. The highest BCUT2D eigenvalue weighted by Gasteiger charge is 2.52. The van der Waals surface area contributed by atoms with Crippen molar-refractivity contribution in [3.63, 3.8) is 0 Å². The molecule has 0 heterocycles. The minimum atomic E-state index is -3.85. The summed E-state index contributed by atoms with van der Waals surface area (Å²) in [5.74, 6) is -23.9. The standard InChI is InChI=1S/C48H24BF12OP/c50-37-31-19-16-25(22-34(31)40(53)46(59)43(37)56)49(26-17-20-32-35(23-26)41(54)47(60)44(57)38(32)51,27-18-21-33-36(24-27)42(55)48(61)45(58)39(33)52)62-63(28-10-4-1-5-11-28,29-12-6-2-7-13-29)30-14-8-3-9-15-30/h1-24H. The van der Waals surface area contributed by atoms with Crippen LogP contribution in [0.1, 0.15) is 0 Å². The maximum Gasteiger partial charge on any atom is 0.247 e. The average Bonchev–Trinajstić information content (AvgIpc) is 3.33. The van der Waals surface area contributed by atoms with E-state index in [2.05, 4.69) is 0 Å². The quantitative estimate of drug-likeness (QED) is 0.0486. The van der Waals surface area contributed by atoms with Gasteiger partial charge >= 0.3 is 0 Å². The minimum Gasteiger partial charge on any atom is -0.414 e. The van der Waals surface area contributed by atoms with Crippen molar-refractivity contribution < 1.29 is 57.1 Å². The molecule has 9 rings (SSSR count). The summed E-state index contributed by atoms with van der Waals surface area (Å²) in [6.45, 7) is 0. The van der Waals surface area contributed by atoms with Gasteiger partial charge < -0.3 is 4.44 Å². The lowest BCUT2D eigenvalue weighted by Crippen LogP contribution is -2.70. The van der Waals surface area contributed by atoms with Crippen LogP contribution in [-0.2, 0) is 4.44 Å². The van der Waals surface area contributed by atoms with Gasteiger partial charge in [-0.2, -0.15) is 16.4 Å². The molecule has 0 aliphatic carbocycles. The van der Waals surface area contributed by atoms with E-state index in [1.54, 1.807) is 91.0 Å². The molecule has 0 saturated heterocycles. The Morgan fingerprint density at radius 2 is 0.508 bits per heavy atom. The number of fused-ring (bicyclic) bond motifs is 3. The zero-order valence-electron chi connectivity index (χ0n) is 31.8. The van der Waals surface area contributed by atoms with E-state index in [0.29, 0.717) is 15.9 Å². The lowest BCUT2D eigenvalue weighted by atomic mass is 9.28. The first-order valence-electron chi connectivity index (χ1n) is 18.9. The molecule has 0 atom stereocenters. The Morgan fingerprint density at radius 1 is 0.270 bits per heavy atom. The molecule has 0 spiro atoms. The van der Waals surface area contributed by atoms with Gasteiger partial charge in [0.2, 0.25) is 6.35 Å². The predicted octanol–water partition coefficient (Wildman–Crippen LogP) is 10.7. The van der Waals surface area contributed by atoms with E-state index >= 15 is 39.5 Å². The monoisotopic (exact) mass is 886 g/mol. The summed E-state index contributed by atoms with van der Waals surface area (Å²) in [7, 11) is -3.85. The van der Waals surface area contributed by atoms with Crippen molar-refractivity contribution >= 4 is 78.5 Å². The second kappa shape index (κ2) is 15.6. The number of benzene rings is 9. The van der Waals surface area contributed by atoms with Gasteiger partial charge in [0.15, 0.2) is 77.3 Å². The lowest BCUT2D eigenvalue weighted by Gasteiger charge is -2.46. The Kier molecular flexibility index (Phi) is 10.3. The first-order chi connectivity index (χ1) is 30.2. The minimum absolute atomic E-state index is 0.287. The molecule has 0 radical (unpaired) electrons. The molecule has 0 aliphatic heterocycles. The van der Waals surface area contributed by atoms with Crippen LogP contribution in [0.4, 0.5) is 52.7 Å². The third-order valence-electron chi connectivity index (χ3n) is 11.4. The Balaban J connectivity index is 1.54. The molecule has 1 nitrogen and oxygen atoms in total. The van der Waals surface area contributed by atoms with Gasteiger partial charge in [-0.1, -0.05) is 109 Å². The Morgan fingerprint density at radius 3 is 0.762 bits per heavy atom. The second-order valence-corrected chi connectivity index (χ2v) is 17.7. The summed E-state index contributed by atoms with van der Waals surface area (Å²) in [5.41, 5.74) is -0.862. The van der Waals surface area contributed by atoms with Crippen LogP contribution in [0, 0.1) is 69.8 Å². The van der Waals surface area contributed by atoms with Crippen LogP contribution in [0.5, 0.6) is 0 Å². The molecule has 9 aromatic carbocycles. The van der Waals surface area contributed by atoms with Gasteiger partial charge in [-0.15, -0.1) is 0 Å². The van der Waals surface area contributed by atoms with Gasteiger partial charge in [0.1, 0.15) is 15.9 Å².